The van der Waals surface area contributed by atoms with Crippen molar-refractivity contribution in [2.24, 2.45) is 0 Å². The maximum Gasteiger partial charge on any atom is 0.142 e. The van der Waals surface area contributed by atoms with Crippen LogP contribution in [0.5, 0.6) is 0 Å². The van der Waals surface area contributed by atoms with Gasteiger partial charge in [0.2, 0.25) is 0 Å². The number of nitrogens with zero attached hydrogens (tertiary/aromatic N) is 2. The van der Waals surface area contributed by atoms with Crippen LogP contribution in [0.4, 0.5) is 0 Å². The van der Waals surface area contributed by atoms with Crippen molar-refractivity contribution in [1.29, 1.82) is 0 Å². The third kappa shape index (κ3) is 4.29. The van der Waals surface area contributed by atoms with Gasteiger partial charge in [-0.25, -0.2) is 4.98 Å². The molecule has 0 aliphatic rings. The summed E-state index contributed by atoms with van der Waals surface area (Å²) in [7, 11) is -1.02. The van der Waals surface area contributed by atoms with Gasteiger partial charge in [0.15, 0.2) is 0 Å². The maximum atomic E-state index is 5.80. The summed E-state index contributed by atoms with van der Waals surface area (Å²) >= 11 is 3.57. The monoisotopic (exact) mass is 352 g/mol. The minimum Gasteiger partial charge on any atom is -0.361 e. The van der Waals surface area contributed by atoms with Crippen LogP contribution < -0.4 is 0 Å². The molecule has 0 aliphatic carbocycles. The first-order valence-electron chi connectivity index (χ1n) is 6.81. The highest BCUT2D eigenvalue weighted by Gasteiger charge is 2.13. The largest absolute Gasteiger partial charge is 0.361 e. The summed E-state index contributed by atoms with van der Waals surface area (Å²) in [5.74, 6) is 0.936. The number of ether oxygens (including phenoxy) is 1. The zero-order chi connectivity index (χ0) is 14.6. The van der Waals surface area contributed by atoms with Crippen molar-refractivity contribution in [2.75, 3.05) is 6.61 Å². The van der Waals surface area contributed by atoms with Gasteiger partial charge in [-0.15, -0.1) is 0 Å². The Balaban J connectivity index is 2.01. The van der Waals surface area contributed by atoms with Gasteiger partial charge in [-0.1, -0.05) is 53.8 Å². The Morgan fingerprint density at radius 1 is 1.25 bits per heavy atom. The van der Waals surface area contributed by atoms with E-state index in [1.54, 1.807) is 0 Å². The lowest BCUT2D eigenvalue weighted by Gasteiger charge is -2.16. The number of imidazole rings is 1. The van der Waals surface area contributed by atoms with Gasteiger partial charge in [-0.3, -0.25) is 0 Å². The number of hydrogen-bond acceptors (Lipinski definition) is 2. The molecule has 0 atom stereocenters. The molecule has 0 bridgehead atoms. The number of hydrogen-bond donors (Lipinski definition) is 0. The van der Waals surface area contributed by atoms with Crippen molar-refractivity contribution in [2.45, 2.75) is 32.4 Å². The lowest BCUT2D eigenvalue weighted by atomic mass is 10.2. The topological polar surface area (TPSA) is 27.1 Å². The maximum absolute atomic E-state index is 5.80. The molecular formula is C15H21BrN2OSi. The zero-order valence-electron chi connectivity index (χ0n) is 12.3. The third-order valence-electron chi connectivity index (χ3n) is 3.06. The van der Waals surface area contributed by atoms with E-state index in [-0.39, 0.29) is 0 Å². The van der Waals surface area contributed by atoms with Crippen molar-refractivity contribution < 1.29 is 4.74 Å². The summed E-state index contributed by atoms with van der Waals surface area (Å²) in [5, 5.41) is 0. The Bertz CT molecular complexity index is 563. The quantitative estimate of drug-likeness (QED) is 0.559. The van der Waals surface area contributed by atoms with Crippen LogP contribution in [0.25, 0.3) is 11.4 Å². The smallest absolute Gasteiger partial charge is 0.142 e. The standard InChI is InChI=1S/C15H21BrN2OSi/c1-20(2,3)11-10-19-12-18-9-8-17-15(18)13-6-4-5-7-14(13)16/h4-9H,10-12H2,1-3H3. The van der Waals surface area contributed by atoms with Gasteiger partial charge < -0.3 is 9.30 Å². The van der Waals surface area contributed by atoms with Crippen molar-refractivity contribution in [3.8, 4) is 11.4 Å². The number of benzene rings is 1. The average Bonchev–Trinajstić information content (AvgIpc) is 2.82. The van der Waals surface area contributed by atoms with Crippen LogP contribution in [0.2, 0.25) is 25.7 Å². The van der Waals surface area contributed by atoms with Gasteiger partial charge >= 0.3 is 0 Å². The molecule has 1 aromatic carbocycles. The first kappa shape index (κ1) is 15.5. The summed E-state index contributed by atoms with van der Waals surface area (Å²) in [5.41, 5.74) is 1.09. The molecule has 2 aromatic rings. The molecule has 108 valence electrons. The summed E-state index contributed by atoms with van der Waals surface area (Å²) < 4.78 is 8.89. The highest BCUT2D eigenvalue weighted by atomic mass is 79.9. The van der Waals surface area contributed by atoms with Crippen LogP contribution >= 0.6 is 15.9 Å². The molecule has 1 heterocycles. The fraction of sp³-hybridized carbons (Fsp3) is 0.400. The van der Waals surface area contributed by atoms with Crippen molar-refractivity contribution in [3.63, 3.8) is 0 Å². The van der Waals surface area contributed by atoms with E-state index in [0.29, 0.717) is 6.73 Å². The molecule has 0 spiro atoms. The minimum atomic E-state index is -1.02. The van der Waals surface area contributed by atoms with Crippen molar-refractivity contribution >= 4 is 24.0 Å². The molecule has 20 heavy (non-hydrogen) atoms. The van der Waals surface area contributed by atoms with E-state index in [9.17, 15) is 0 Å². The van der Waals surface area contributed by atoms with E-state index < -0.39 is 8.07 Å². The van der Waals surface area contributed by atoms with Gasteiger partial charge in [0.05, 0.1) is 0 Å². The summed E-state index contributed by atoms with van der Waals surface area (Å²) in [6, 6.07) is 9.30. The molecule has 0 N–H and O–H groups in total. The molecule has 0 saturated heterocycles. The first-order chi connectivity index (χ1) is 9.47. The Labute approximate surface area is 130 Å². The van der Waals surface area contributed by atoms with Crippen LogP contribution in [0.15, 0.2) is 41.1 Å². The van der Waals surface area contributed by atoms with Crippen molar-refractivity contribution in [3.05, 3.63) is 41.1 Å². The minimum absolute atomic E-state index is 0.557. The Morgan fingerprint density at radius 2 is 2.00 bits per heavy atom. The Hall–Kier alpha value is -0.913. The van der Waals surface area contributed by atoms with Gasteiger partial charge in [0, 0.05) is 37.1 Å². The molecule has 0 saturated carbocycles. The molecule has 0 unspecified atom stereocenters. The predicted octanol–water partition coefficient (Wildman–Crippen LogP) is 4.62. The van der Waals surface area contributed by atoms with Crippen LogP contribution in [-0.2, 0) is 11.5 Å². The Morgan fingerprint density at radius 3 is 2.70 bits per heavy atom. The van der Waals surface area contributed by atoms with Crippen LogP contribution in [0.3, 0.4) is 0 Å². The Kier molecular flexibility index (Phi) is 5.18. The summed E-state index contributed by atoms with van der Waals surface area (Å²) in [4.78, 5) is 4.44. The molecule has 1 aromatic heterocycles. The molecule has 0 aliphatic heterocycles. The first-order valence-corrected chi connectivity index (χ1v) is 11.3. The number of halogens is 1. The highest BCUT2D eigenvalue weighted by Crippen LogP contribution is 2.26. The number of rotatable bonds is 6. The lowest BCUT2D eigenvalue weighted by molar-refractivity contribution is 0.0883. The zero-order valence-corrected chi connectivity index (χ0v) is 14.9. The molecular weight excluding hydrogens is 332 g/mol. The molecule has 0 radical (unpaired) electrons. The third-order valence-corrected chi connectivity index (χ3v) is 5.45. The second-order valence-corrected chi connectivity index (χ2v) is 12.5. The molecule has 0 amide bonds. The fourth-order valence-electron chi connectivity index (χ4n) is 1.84. The van der Waals surface area contributed by atoms with Crippen LogP contribution in [0.1, 0.15) is 0 Å². The van der Waals surface area contributed by atoms with Gasteiger partial charge in [0.25, 0.3) is 0 Å². The van der Waals surface area contributed by atoms with Gasteiger partial charge in [-0.05, 0) is 12.1 Å². The van der Waals surface area contributed by atoms with Crippen LogP contribution in [0, 0.1) is 0 Å². The second-order valence-electron chi connectivity index (χ2n) is 6.05. The summed E-state index contributed by atoms with van der Waals surface area (Å²) in [6.07, 6.45) is 3.78. The molecule has 0 fully saturated rings. The SMILES string of the molecule is C[Si](C)(C)CCOCn1ccnc1-c1ccccc1Br. The van der Waals surface area contributed by atoms with Crippen LogP contribution in [-0.4, -0.2) is 24.2 Å². The van der Waals surface area contributed by atoms with E-state index in [2.05, 4.69) is 46.6 Å². The average molecular weight is 353 g/mol. The second kappa shape index (κ2) is 6.69. The van der Waals surface area contributed by atoms with E-state index in [1.807, 2.05) is 35.2 Å². The lowest BCUT2D eigenvalue weighted by Crippen LogP contribution is -2.22. The molecule has 3 nitrogen and oxygen atoms in total. The molecule has 2 rings (SSSR count). The van der Waals surface area contributed by atoms with Gasteiger partial charge in [-0.2, -0.15) is 0 Å². The summed E-state index contributed by atoms with van der Waals surface area (Å²) in [6.45, 7) is 8.46. The van der Waals surface area contributed by atoms with Gasteiger partial charge in [0.1, 0.15) is 12.6 Å². The van der Waals surface area contributed by atoms with E-state index in [1.165, 1.54) is 6.04 Å². The van der Waals surface area contributed by atoms with E-state index in [4.69, 9.17) is 4.74 Å². The number of aromatic nitrogens is 2. The van der Waals surface area contributed by atoms with Crippen molar-refractivity contribution in [1.82, 2.24) is 9.55 Å². The fourth-order valence-corrected chi connectivity index (χ4v) is 3.06. The highest BCUT2D eigenvalue weighted by molar-refractivity contribution is 9.10. The van der Waals surface area contributed by atoms with E-state index >= 15 is 0 Å². The van der Waals surface area contributed by atoms with E-state index in [0.717, 1.165) is 22.5 Å². The normalized spacial score (nSPS) is 11.8. The molecule has 5 heteroatoms. The predicted molar refractivity (Wildman–Crippen MR) is 89.5 cm³/mol.